The number of carbonyl (C=O) groups is 1. The Balaban J connectivity index is 1.60. The number of anilines is 1. The molecule has 0 aliphatic rings. The number of benzene rings is 1. The van der Waals surface area contributed by atoms with Crippen molar-refractivity contribution in [3.63, 3.8) is 0 Å². The number of hydrogen-bond donors (Lipinski definition) is 1. The molecule has 3 heterocycles. The third-order valence-electron chi connectivity index (χ3n) is 5.54. The van der Waals surface area contributed by atoms with E-state index in [0.29, 0.717) is 22.2 Å². The molecule has 0 unspecified atom stereocenters. The van der Waals surface area contributed by atoms with Gasteiger partial charge in [0, 0.05) is 29.9 Å². The monoisotopic (exact) mass is 556 g/mol. The van der Waals surface area contributed by atoms with Crippen molar-refractivity contribution < 1.29 is 27.1 Å². The third-order valence-corrected chi connectivity index (χ3v) is 7.66. The van der Waals surface area contributed by atoms with Crippen LogP contribution in [0.25, 0.3) is 21.5 Å². The second-order valence-electron chi connectivity index (χ2n) is 8.05. The maximum Gasteiger partial charge on any atom is 0.387 e. The van der Waals surface area contributed by atoms with Crippen LogP contribution in [-0.2, 0) is 31.7 Å². The molecule has 0 saturated carbocycles. The van der Waals surface area contributed by atoms with E-state index in [1.54, 1.807) is 7.05 Å². The summed E-state index contributed by atoms with van der Waals surface area (Å²) in [6.07, 6.45) is 1.23. The van der Waals surface area contributed by atoms with E-state index in [1.165, 1.54) is 28.3 Å². The second kappa shape index (κ2) is 10.5. The largest absolute Gasteiger partial charge is 0.429 e. The van der Waals surface area contributed by atoms with Gasteiger partial charge in [-0.2, -0.15) is 8.78 Å². The van der Waals surface area contributed by atoms with Crippen LogP contribution in [0, 0.1) is 11.6 Å². The van der Waals surface area contributed by atoms with Crippen LogP contribution in [0.3, 0.4) is 0 Å². The van der Waals surface area contributed by atoms with Gasteiger partial charge in [-0.25, -0.2) is 18.6 Å². The van der Waals surface area contributed by atoms with Crippen LogP contribution in [0.15, 0.2) is 27.1 Å². The lowest BCUT2D eigenvalue weighted by molar-refractivity contribution is -0.115. The number of fused-ring (bicyclic) bond motifs is 1. The molecule has 4 rings (SSSR count). The summed E-state index contributed by atoms with van der Waals surface area (Å²) in [5.74, 6) is -4.32. The molecule has 0 aliphatic heterocycles. The lowest BCUT2D eigenvalue weighted by Gasteiger charge is -2.08. The predicted molar refractivity (Wildman–Crippen MR) is 133 cm³/mol. The molecular formula is C23H20F4N4O4S2. The van der Waals surface area contributed by atoms with Gasteiger partial charge >= 0.3 is 12.3 Å². The number of hydrogen-bond acceptors (Lipinski definition) is 7. The van der Waals surface area contributed by atoms with Crippen LogP contribution in [0.2, 0.25) is 0 Å². The van der Waals surface area contributed by atoms with E-state index in [9.17, 15) is 31.9 Å². The lowest BCUT2D eigenvalue weighted by atomic mass is 10.1. The van der Waals surface area contributed by atoms with Gasteiger partial charge in [-0.05, 0) is 24.1 Å². The van der Waals surface area contributed by atoms with Gasteiger partial charge in [-0.1, -0.05) is 13.3 Å². The average Bonchev–Trinajstić information content (AvgIpc) is 3.44. The van der Waals surface area contributed by atoms with Crippen LogP contribution < -0.4 is 21.3 Å². The number of rotatable bonds is 8. The zero-order chi connectivity index (χ0) is 27.0. The molecule has 14 heteroatoms. The van der Waals surface area contributed by atoms with Crippen LogP contribution >= 0.6 is 22.7 Å². The van der Waals surface area contributed by atoms with Gasteiger partial charge in [-0.3, -0.25) is 18.7 Å². The van der Waals surface area contributed by atoms with E-state index in [4.69, 9.17) is 0 Å². The minimum absolute atomic E-state index is 0.0353. The maximum atomic E-state index is 14.1. The van der Waals surface area contributed by atoms with E-state index < -0.39 is 41.2 Å². The molecule has 3 aromatic heterocycles. The van der Waals surface area contributed by atoms with Gasteiger partial charge < -0.3 is 10.1 Å². The first-order valence-corrected chi connectivity index (χ1v) is 12.6. The van der Waals surface area contributed by atoms with Gasteiger partial charge in [-0.15, -0.1) is 22.7 Å². The fraction of sp³-hybridized carbons (Fsp3) is 0.304. The molecule has 0 bridgehead atoms. The number of nitrogens with zero attached hydrogens (tertiary/aromatic N) is 3. The summed E-state index contributed by atoms with van der Waals surface area (Å²) in [7, 11) is 2.94. The highest BCUT2D eigenvalue weighted by Gasteiger charge is 2.22. The second-order valence-corrected chi connectivity index (χ2v) is 9.99. The minimum atomic E-state index is -3.39. The third kappa shape index (κ3) is 5.16. The molecule has 1 amide bonds. The van der Waals surface area contributed by atoms with Crippen molar-refractivity contribution in [3.8, 4) is 17.0 Å². The molecule has 1 N–H and O–H groups in total. The molecule has 196 valence electrons. The van der Waals surface area contributed by atoms with E-state index in [2.05, 4.69) is 15.0 Å². The predicted octanol–water partition coefficient (Wildman–Crippen LogP) is 4.44. The number of ether oxygens (including phenoxy) is 1. The topological polar surface area (TPSA) is 95.2 Å². The van der Waals surface area contributed by atoms with Crippen molar-refractivity contribution in [2.24, 2.45) is 14.1 Å². The minimum Gasteiger partial charge on any atom is -0.429 e. The Morgan fingerprint density at radius 2 is 1.84 bits per heavy atom. The molecule has 0 spiro atoms. The average molecular weight is 557 g/mol. The van der Waals surface area contributed by atoms with E-state index in [1.807, 2.05) is 6.92 Å². The van der Waals surface area contributed by atoms with E-state index in [0.717, 1.165) is 39.3 Å². The number of amides is 1. The van der Waals surface area contributed by atoms with Crippen molar-refractivity contribution in [1.29, 1.82) is 0 Å². The number of alkyl halides is 2. The first-order valence-electron chi connectivity index (χ1n) is 10.9. The number of carbonyl (C=O) groups excluding carboxylic acids is 1. The summed E-state index contributed by atoms with van der Waals surface area (Å²) in [5, 5.41) is 4.49. The lowest BCUT2D eigenvalue weighted by Crippen LogP contribution is -2.36. The van der Waals surface area contributed by atoms with E-state index in [-0.39, 0.29) is 22.8 Å². The van der Waals surface area contributed by atoms with Gasteiger partial charge in [0.1, 0.15) is 4.83 Å². The summed E-state index contributed by atoms with van der Waals surface area (Å²) in [6, 6.07) is 1.60. The zero-order valence-electron chi connectivity index (χ0n) is 19.7. The summed E-state index contributed by atoms with van der Waals surface area (Å²) < 4.78 is 59.1. The van der Waals surface area contributed by atoms with Gasteiger partial charge in [0.2, 0.25) is 5.91 Å². The van der Waals surface area contributed by atoms with E-state index >= 15 is 0 Å². The maximum absolute atomic E-state index is 14.1. The molecule has 0 radical (unpaired) electrons. The first kappa shape index (κ1) is 26.5. The summed E-state index contributed by atoms with van der Waals surface area (Å²) in [6.45, 7) is -1.43. The smallest absolute Gasteiger partial charge is 0.387 e. The highest BCUT2D eigenvalue weighted by atomic mass is 32.1. The fourth-order valence-electron chi connectivity index (χ4n) is 3.83. The van der Waals surface area contributed by atoms with Crippen LogP contribution in [-0.4, -0.2) is 26.6 Å². The number of aromatic nitrogens is 3. The molecule has 8 nitrogen and oxygen atoms in total. The Labute approximate surface area is 214 Å². The number of thiophene rings is 1. The van der Waals surface area contributed by atoms with Crippen LogP contribution in [0.5, 0.6) is 5.75 Å². The number of nitrogens with one attached hydrogen (secondary N) is 1. The Morgan fingerprint density at radius 1 is 1.16 bits per heavy atom. The normalized spacial score (nSPS) is 11.5. The Bertz CT molecular complexity index is 1600. The SMILES string of the molecule is CCCc1sc2c(c1CC(=O)Nc1nc(-c3cc(F)c(OC(F)F)c(F)c3)cs1)c(=O)n(C)c(=O)n2C. The van der Waals surface area contributed by atoms with Crippen molar-refractivity contribution >= 4 is 43.9 Å². The van der Waals surface area contributed by atoms with Gasteiger partial charge in [0.05, 0.1) is 17.5 Å². The number of halogens is 4. The molecule has 0 aliphatic carbocycles. The molecule has 0 fully saturated rings. The molecule has 4 aromatic rings. The molecule has 37 heavy (non-hydrogen) atoms. The number of aryl methyl sites for hydroxylation is 2. The van der Waals surface area contributed by atoms with Crippen LogP contribution in [0.4, 0.5) is 22.7 Å². The highest BCUT2D eigenvalue weighted by molar-refractivity contribution is 7.18. The molecule has 1 aromatic carbocycles. The van der Waals surface area contributed by atoms with Crippen molar-refractivity contribution in [3.05, 3.63) is 60.4 Å². The molecule has 0 saturated heterocycles. The Kier molecular flexibility index (Phi) is 7.50. The molecule has 0 atom stereocenters. The van der Waals surface area contributed by atoms with Crippen molar-refractivity contribution in [2.45, 2.75) is 32.8 Å². The van der Waals surface area contributed by atoms with Crippen molar-refractivity contribution in [1.82, 2.24) is 14.1 Å². The highest BCUT2D eigenvalue weighted by Crippen LogP contribution is 2.33. The Hall–Kier alpha value is -3.52. The Morgan fingerprint density at radius 3 is 2.46 bits per heavy atom. The van der Waals surface area contributed by atoms with Gasteiger partial charge in [0.25, 0.3) is 5.56 Å². The van der Waals surface area contributed by atoms with Gasteiger partial charge in [0.15, 0.2) is 22.5 Å². The first-order chi connectivity index (χ1) is 17.5. The zero-order valence-corrected chi connectivity index (χ0v) is 21.4. The number of thiazole rings is 1. The fourth-order valence-corrected chi connectivity index (χ4v) is 5.93. The van der Waals surface area contributed by atoms with Crippen LogP contribution in [0.1, 0.15) is 23.8 Å². The summed E-state index contributed by atoms with van der Waals surface area (Å²) in [5.41, 5.74) is -0.342. The standard InChI is InChI=1S/C23H20F4N4O4S2/c1-4-5-15-11(17-19(33)30(2)23(34)31(3)20(17)37-15)8-16(32)29-22-28-14(9-36-22)10-6-12(24)18(13(25)7-10)35-21(26)27/h6-7,9,21H,4-5,8H2,1-3H3,(H,28,29,32). The molecular weight excluding hydrogens is 536 g/mol. The summed E-state index contributed by atoms with van der Waals surface area (Å²) >= 11 is 2.29. The quantitative estimate of drug-likeness (QED) is 0.324. The summed E-state index contributed by atoms with van der Waals surface area (Å²) in [4.78, 5) is 43.6. The van der Waals surface area contributed by atoms with Crippen molar-refractivity contribution in [2.75, 3.05) is 5.32 Å².